The number of benzene rings is 1. The van der Waals surface area contributed by atoms with Gasteiger partial charge < -0.3 is 5.32 Å². The quantitative estimate of drug-likeness (QED) is 0.815. The van der Waals surface area contributed by atoms with Gasteiger partial charge in [0, 0.05) is 22.5 Å². The van der Waals surface area contributed by atoms with Crippen molar-refractivity contribution in [2.24, 2.45) is 5.41 Å². The minimum absolute atomic E-state index is 0.0819. The predicted octanol–water partition coefficient (Wildman–Crippen LogP) is 5.00. The lowest BCUT2D eigenvalue weighted by molar-refractivity contribution is -0.126. The van der Waals surface area contributed by atoms with Crippen LogP contribution in [0.15, 0.2) is 53.1 Å². The van der Waals surface area contributed by atoms with Crippen molar-refractivity contribution in [1.29, 1.82) is 0 Å². The van der Waals surface area contributed by atoms with E-state index in [0.29, 0.717) is 6.42 Å². The van der Waals surface area contributed by atoms with Crippen molar-refractivity contribution < 1.29 is 4.79 Å². The molecular weight excluding hydrogens is 340 g/mol. The molecule has 1 aromatic heterocycles. The van der Waals surface area contributed by atoms with Crippen LogP contribution >= 0.6 is 15.9 Å². The highest BCUT2D eigenvalue weighted by molar-refractivity contribution is 9.10. The zero-order valence-electron chi connectivity index (χ0n) is 13.1. The Morgan fingerprint density at radius 1 is 1.18 bits per heavy atom. The van der Waals surface area contributed by atoms with Crippen LogP contribution in [-0.4, -0.2) is 10.8 Å². The van der Waals surface area contributed by atoms with E-state index in [4.69, 9.17) is 0 Å². The predicted molar refractivity (Wildman–Crippen MR) is 93.8 cm³/mol. The van der Waals surface area contributed by atoms with E-state index < -0.39 is 0 Å². The zero-order chi connectivity index (χ0) is 16.2. The molecule has 0 aliphatic carbocycles. The van der Waals surface area contributed by atoms with Gasteiger partial charge in [-0.2, -0.15) is 0 Å². The van der Waals surface area contributed by atoms with Crippen LogP contribution in [0.4, 0.5) is 5.82 Å². The first-order valence-corrected chi connectivity index (χ1v) is 8.12. The molecule has 0 saturated carbocycles. The van der Waals surface area contributed by atoms with Crippen molar-refractivity contribution in [2.75, 3.05) is 5.32 Å². The first-order chi connectivity index (χ1) is 10.4. The molecule has 116 valence electrons. The van der Waals surface area contributed by atoms with Gasteiger partial charge in [0.05, 0.1) is 6.04 Å². The molecule has 1 N–H and O–H groups in total. The highest BCUT2D eigenvalue weighted by Crippen LogP contribution is 2.27. The molecule has 0 radical (unpaired) electrons. The average molecular weight is 361 g/mol. The molecule has 1 aromatic carbocycles. The lowest BCUT2D eigenvalue weighted by Gasteiger charge is -2.24. The van der Waals surface area contributed by atoms with Gasteiger partial charge in [-0.05, 0) is 33.6 Å². The number of ketones is 1. The van der Waals surface area contributed by atoms with Gasteiger partial charge in [-0.25, -0.2) is 4.98 Å². The summed E-state index contributed by atoms with van der Waals surface area (Å²) in [6.45, 7) is 5.86. The van der Waals surface area contributed by atoms with Crippen LogP contribution in [-0.2, 0) is 4.79 Å². The third-order valence-corrected chi connectivity index (χ3v) is 3.95. The van der Waals surface area contributed by atoms with Crippen molar-refractivity contribution in [3.63, 3.8) is 0 Å². The summed E-state index contributed by atoms with van der Waals surface area (Å²) in [6.07, 6.45) is 2.18. The maximum Gasteiger partial charge on any atom is 0.140 e. The number of rotatable bonds is 5. The summed E-state index contributed by atoms with van der Waals surface area (Å²) >= 11 is 3.38. The largest absolute Gasteiger partial charge is 0.363 e. The van der Waals surface area contributed by atoms with Crippen LogP contribution in [0.3, 0.4) is 0 Å². The van der Waals surface area contributed by atoms with Crippen molar-refractivity contribution in [3.05, 3.63) is 58.7 Å². The fraction of sp³-hybridized carbons (Fsp3) is 0.333. The highest BCUT2D eigenvalue weighted by atomic mass is 79.9. The maximum atomic E-state index is 12.4. The molecule has 0 spiro atoms. The van der Waals surface area contributed by atoms with Crippen LogP contribution in [0.2, 0.25) is 0 Å². The summed E-state index contributed by atoms with van der Waals surface area (Å²) in [6, 6.07) is 13.8. The van der Waals surface area contributed by atoms with E-state index >= 15 is 0 Å². The maximum absolute atomic E-state index is 12.4. The Balaban J connectivity index is 2.22. The number of nitrogens with one attached hydrogen (secondary N) is 1. The van der Waals surface area contributed by atoms with Crippen LogP contribution in [0.5, 0.6) is 0 Å². The van der Waals surface area contributed by atoms with E-state index in [2.05, 4.69) is 26.2 Å². The highest BCUT2D eigenvalue weighted by Gasteiger charge is 2.25. The number of aromatic nitrogens is 1. The van der Waals surface area contributed by atoms with Gasteiger partial charge in [0.15, 0.2) is 0 Å². The van der Waals surface area contributed by atoms with E-state index in [1.165, 1.54) is 0 Å². The van der Waals surface area contributed by atoms with Crippen LogP contribution in [0.25, 0.3) is 0 Å². The van der Waals surface area contributed by atoms with Crippen molar-refractivity contribution in [1.82, 2.24) is 4.98 Å². The van der Waals surface area contributed by atoms with Gasteiger partial charge in [-0.1, -0.05) is 51.1 Å². The number of nitrogens with zero attached hydrogens (tertiary/aromatic N) is 1. The second-order valence-corrected chi connectivity index (χ2v) is 7.26. The number of Topliss-reactive ketones (excluding diaryl/α,β-unsaturated/α-hetero) is 1. The summed E-state index contributed by atoms with van der Waals surface area (Å²) in [5, 5.41) is 3.37. The Kier molecular flexibility index (Phi) is 5.35. The average Bonchev–Trinajstić information content (AvgIpc) is 2.48. The SMILES string of the molecule is CC(C)(C)C(=O)CC(Nc1ccc(Br)cn1)c1ccccc1. The van der Waals surface area contributed by atoms with Crippen molar-refractivity contribution >= 4 is 27.5 Å². The number of pyridine rings is 1. The van der Waals surface area contributed by atoms with Gasteiger partial charge in [-0.15, -0.1) is 0 Å². The van der Waals surface area contributed by atoms with Gasteiger partial charge in [0.2, 0.25) is 0 Å². The summed E-state index contributed by atoms with van der Waals surface area (Å²) in [4.78, 5) is 16.8. The molecule has 2 aromatic rings. The summed E-state index contributed by atoms with van der Waals surface area (Å²) in [5.74, 6) is 0.990. The first kappa shape index (κ1) is 16.7. The first-order valence-electron chi connectivity index (χ1n) is 7.32. The van der Waals surface area contributed by atoms with Crippen LogP contribution in [0.1, 0.15) is 38.8 Å². The number of carbonyl (C=O) groups excluding carboxylic acids is 1. The smallest absolute Gasteiger partial charge is 0.140 e. The molecule has 4 heteroatoms. The second kappa shape index (κ2) is 7.05. The molecule has 0 fully saturated rings. The van der Waals surface area contributed by atoms with E-state index in [0.717, 1.165) is 15.9 Å². The normalized spacial score (nSPS) is 12.7. The van der Waals surface area contributed by atoms with E-state index in [9.17, 15) is 4.79 Å². The monoisotopic (exact) mass is 360 g/mol. The minimum Gasteiger partial charge on any atom is -0.363 e. The number of hydrogen-bond acceptors (Lipinski definition) is 3. The van der Waals surface area contributed by atoms with Gasteiger partial charge in [0.1, 0.15) is 11.6 Å². The Hall–Kier alpha value is -1.68. The van der Waals surface area contributed by atoms with Crippen molar-refractivity contribution in [3.8, 4) is 0 Å². The zero-order valence-corrected chi connectivity index (χ0v) is 14.7. The minimum atomic E-state index is -0.345. The molecule has 0 aliphatic heterocycles. The van der Waals surface area contributed by atoms with Crippen molar-refractivity contribution in [2.45, 2.75) is 33.2 Å². The Labute approximate surface area is 140 Å². The van der Waals surface area contributed by atoms with Gasteiger partial charge in [-0.3, -0.25) is 4.79 Å². The molecule has 22 heavy (non-hydrogen) atoms. The molecule has 0 aliphatic rings. The topological polar surface area (TPSA) is 42.0 Å². The Morgan fingerprint density at radius 2 is 1.86 bits per heavy atom. The molecule has 1 atom stereocenters. The summed E-state index contributed by atoms with van der Waals surface area (Å²) in [5.41, 5.74) is 0.742. The third kappa shape index (κ3) is 4.67. The second-order valence-electron chi connectivity index (χ2n) is 6.35. The molecule has 0 amide bonds. The molecular formula is C18H21BrN2O. The standard InChI is InChI=1S/C18H21BrN2O/c1-18(2,3)16(22)11-15(13-7-5-4-6-8-13)21-17-10-9-14(19)12-20-17/h4-10,12,15H,11H2,1-3H3,(H,20,21). The fourth-order valence-electron chi connectivity index (χ4n) is 2.07. The Morgan fingerprint density at radius 3 is 2.41 bits per heavy atom. The number of carbonyl (C=O) groups is 1. The molecule has 0 saturated heterocycles. The summed E-state index contributed by atoms with van der Waals surface area (Å²) in [7, 11) is 0. The number of halogens is 1. The lowest BCUT2D eigenvalue weighted by atomic mass is 9.85. The van der Waals surface area contributed by atoms with Gasteiger partial charge in [0.25, 0.3) is 0 Å². The molecule has 1 heterocycles. The van der Waals surface area contributed by atoms with E-state index in [-0.39, 0.29) is 17.2 Å². The van der Waals surface area contributed by atoms with Crippen LogP contribution < -0.4 is 5.32 Å². The number of anilines is 1. The molecule has 1 unspecified atom stereocenters. The fourth-order valence-corrected chi connectivity index (χ4v) is 2.30. The number of hydrogen-bond donors (Lipinski definition) is 1. The van der Waals surface area contributed by atoms with Crippen LogP contribution in [0, 0.1) is 5.41 Å². The molecule has 3 nitrogen and oxygen atoms in total. The van der Waals surface area contributed by atoms with E-state index in [1.54, 1.807) is 6.20 Å². The molecule has 0 bridgehead atoms. The van der Waals surface area contributed by atoms with Gasteiger partial charge >= 0.3 is 0 Å². The lowest BCUT2D eigenvalue weighted by Crippen LogP contribution is -2.25. The third-order valence-electron chi connectivity index (χ3n) is 3.48. The van der Waals surface area contributed by atoms with E-state index in [1.807, 2.05) is 63.2 Å². The Bertz CT molecular complexity index is 618. The summed E-state index contributed by atoms with van der Waals surface area (Å²) < 4.78 is 0.931. The molecule has 2 rings (SSSR count).